The van der Waals surface area contributed by atoms with E-state index in [2.05, 4.69) is 5.32 Å². The standard InChI is InChI=1S/C19H34N2O7/c1-17(2,3)27-15(24)20-12(10-14(22)23)9-13-11-21(19(7,8)26-13)16(25)28-18(4,5)6/h12-13H,9-11H2,1-8H3,(H,20,24)(H,22,23)/t12-,13-/m1/s1. The van der Waals surface area contributed by atoms with Crippen LogP contribution in [0.4, 0.5) is 9.59 Å². The third-order valence-electron chi connectivity index (χ3n) is 3.79. The molecule has 2 N–H and O–H groups in total. The molecule has 1 aliphatic heterocycles. The van der Waals surface area contributed by atoms with Crippen LogP contribution in [-0.2, 0) is 19.0 Å². The molecule has 1 saturated heterocycles. The molecule has 1 aliphatic rings. The summed E-state index contributed by atoms with van der Waals surface area (Å²) in [6.07, 6.45) is -1.73. The fraction of sp³-hybridized carbons (Fsp3) is 0.842. The van der Waals surface area contributed by atoms with Gasteiger partial charge in [0, 0.05) is 6.04 Å². The summed E-state index contributed by atoms with van der Waals surface area (Å²) < 4.78 is 16.6. The molecule has 28 heavy (non-hydrogen) atoms. The van der Waals surface area contributed by atoms with Gasteiger partial charge in [-0.2, -0.15) is 0 Å². The summed E-state index contributed by atoms with van der Waals surface area (Å²) in [5.74, 6) is -1.05. The predicted octanol–water partition coefficient (Wildman–Crippen LogP) is 3.12. The molecule has 1 rings (SSSR count). The topological polar surface area (TPSA) is 114 Å². The second-order valence-corrected chi connectivity index (χ2v) is 9.45. The monoisotopic (exact) mass is 402 g/mol. The molecule has 0 saturated carbocycles. The lowest BCUT2D eigenvalue weighted by Gasteiger charge is -2.31. The van der Waals surface area contributed by atoms with Gasteiger partial charge in [0.2, 0.25) is 0 Å². The first-order valence-electron chi connectivity index (χ1n) is 9.38. The molecule has 0 aromatic rings. The van der Waals surface area contributed by atoms with Crippen molar-refractivity contribution in [1.29, 1.82) is 0 Å². The fourth-order valence-corrected chi connectivity index (χ4v) is 2.86. The molecular formula is C19H34N2O7. The highest BCUT2D eigenvalue weighted by Gasteiger charge is 2.44. The number of aliphatic carboxylic acids is 1. The second kappa shape index (κ2) is 8.55. The van der Waals surface area contributed by atoms with Crippen LogP contribution >= 0.6 is 0 Å². The van der Waals surface area contributed by atoms with Crippen molar-refractivity contribution < 1.29 is 33.7 Å². The molecule has 0 unspecified atom stereocenters. The minimum atomic E-state index is -1.05. The van der Waals surface area contributed by atoms with E-state index in [4.69, 9.17) is 19.3 Å². The maximum absolute atomic E-state index is 12.5. The lowest BCUT2D eigenvalue weighted by atomic mass is 10.1. The molecule has 9 nitrogen and oxygen atoms in total. The number of nitrogens with one attached hydrogen (secondary N) is 1. The molecule has 2 amide bonds. The molecule has 0 spiro atoms. The van der Waals surface area contributed by atoms with Crippen molar-refractivity contribution in [3.63, 3.8) is 0 Å². The number of hydrogen-bond donors (Lipinski definition) is 2. The number of ether oxygens (including phenoxy) is 3. The molecule has 1 fully saturated rings. The summed E-state index contributed by atoms with van der Waals surface area (Å²) >= 11 is 0. The van der Waals surface area contributed by atoms with Crippen LogP contribution in [0.5, 0.6) is 0 Å². The van der Waals surface area contributed by atoms with Crippen molar-refractivity contribution >= 4 is 18.2 Å². The Morgan fingerprint density at radius 1 is 1.14 bits per heavy atom. The predicted molar refractivity (Wildman–Crippen MR) is 102 cm³/mol. The Bertz CT molecular complexity index is 590. The highest BCUT2D eigenvalue weighted by Crippen LogP contribution is 2.30. The number of carbonyl (C=O) groups is 3. The second-order valence-electron chi connectivity index (χ2n) is 9.45. The third kappa shape index (κ3) is 8.33. The van der Waals surface area contributed by atoms with E-state index < -0.39 is 47.2 Å². The Kier molecular flexibility index (Phi) is 7.33. The lowest BCUT2D eigenvalue weighted by molar-refractivity contribution is -0.137. The van der Waals surface area contributed by atoms with E-state index in [1.54, 1.807) is 55.4 Å². The van der Waals surface area contributed by atoms with Crippen molar-refractivity contribution in [2.24, 2.45) is 0 Å². The summed E-state index contributed by atoms with van der Waals surface area (Å²) in [6.45, 7) is 14.2. The van der Waals surface area contributed by atoms with E-state index in [1.165, 1.54) is 4.90 Å². The van der Waals surface area contributed by atoms with Crippen LogP contribution in [0.25, 0.3) is 0 Å². The molecule has 0 radical (unpaired) electrons. The SMILES string of the molecule is CC(C)(C)OC(=O)N[C@@H](CC(=O)O)C[C@@H]1CN(C(=O)OC(C)(C)C)C(C)(C)O1. The summed E-state index contributed by atoms with van der Waals surface area (Å²) in [5, 5.41) is 11.7. The minimum Gasteiger partial charge on any atom is -0.481 e. The van der Waals surface area contributed by atoms with E-state index in [1.807, 2.05) is 0 Å². The molecule has 0 aromatic heterocycles. The number of carbonyl (C=O) groups excluding carboxylic acids is 2. The average molecular weight is 402 g/mol. The number of hydrogen-bond acceptors (Lipinski definition) is 6. The largest absolute Gasteiger partial charge is 0.481 e. The van der Waals surface area contributed by atoms with Gasteiger partial charge >= 0.3 is 18.2 Å². The van der Waals surface area contributed by atoms with Gasteiger partial charge in [-0.3, -0.25) is 9.69 Å². The van der Waals surface area contributed by atoms with Crippen LogP contribution in [0, 0.1) is 0 Å². The Labute approximate surface area is 166 Å². The molecule has 0 aliphatic carbocycles. The highest BCUT2D eigenvalue weighted by atomic mass is 16.6. The number of carboxylic acid groups (broad SMARTS) is 1. The number of carboxylic acids is 1. The van der Waals surface area contributed by atoms with Crippen molar-refractivity contribution in [2.75, 3.05) is 6.54 Å². The van der Waals surface area contributed by atoms with Crippen LogP contribution in [0.1, 0.15) is 68.2 Å². The van der Waals surface area contributed by atoms with E-state index >= 15 is 0 Å². The zero-order valence-corrected chi connectivity index (χ0v) is 18.1. The first-order valence-corrected chi connectivity index (χ1v) is 9.38. The van der Waals surface area contributed by atoms with Crippen LogP contribution in [0.15, 0.2) is 0 Å². The smallest absolute Gasteiger partial charge is 0.412 e. The lowest BCUT2D eigenvalue weighted by Crippen LogP contribution is -2.46. The van der Waals surface area contributed by atoms with Crippen LogP contribution in [-0.4, -0.2) is 63.8 Å². The first-order chi connectivity index (χ1) is 12.5. The third-order valence-corrected chi connectivity index (χ3v) is 3.79. The van der Waals surface area contributed by atoms with Crippen LogP contribution < -0.4 is 5.32 Å². The van der Waals surface area contributed by atoms with E-state index in [9.17, 15) is 14.4 Å². The Hall–Kier alpha value is -2.03. The van der Waals surface area contributed by atoms with Crippen molar-refractivity contribution in [3.05, 3.63) is 0 Å². The van der Waals surface area contributed by atoms with Crippen molar-refractivity contribution in [2.45, 2.75) is 97.3 Å². The minimum absolute atomic E-state index is 0.217. The van der Waals surface area contributed by atoms with Gasteiger partial charge in [0.15, 0.2) is 0 Å². The highest BCUT2D eigenvalue weighted by molar-refractivity contribution is 5.71. The molecule has 0 aromatic carbocycles. The van der Waals surface area contributed by atoms with Gasteiger partial charge in [0.05, 0.1) is 19.1 Å². The van der Waals surface area contributed by atoms with Crippen LogP contribution in [0.3, 0.4) is 0 Å². The zero-order valence-electron chi connectivity index (χ0n) is 18.1. The molecule has 0 bridgehead atoms. The quantitative estimate of drug-likeness (QED) is 0.726. The Balaban J connectivity index is 2.80. The van der Waals surface area contributed by atoms with Crippen molar-refractivity contribution in [1.82, 2.24) is 10.2 Å². The maximum atomic E-state index is 12.5. The summed E-state index contributed by atoms with van der Waals surface area (Å²) in [5.41, 5.74) is -2.25. The van der Waals surface area contributed by atoms with Gasteiger partial charge < -0.3 is 24.6 Å². The zero-order chi connectivity index (χ0) is 21.9. The number of nitrogens with zero attached hydrogens (tertiary/aromatic N) is 1. The fourth-order valence-electron chi connectivity index (χ4n) is 2.86. The molecular weight excluding hydrogens is 368 g/mol. The van der Waals surface area contributed by atoms with E-state index in [0.717, 1.165) is 0 Å². The van der Waals surface area contributed by atoms with E-state index in [-0.39, 0.29) is 19.4 Å². The first kappa shape index (κ1) is 24.0. The molecule has 9 heteroatoms. The summed E-state index contributed by atoms with van der Waals surface area (Å²) in [6, 6.07) is -0.702. The summed E-state index contributed by atoms with van der Waals surface area (Å²) in [7, 11) is 0. The Morgan fingerprint density at radius 3 is 2.14 bits per heavy atom. The number of rotatable bonds is 5. The number of alkyl carbamates (subject to hydrolysis) is 1. The van der Waals surface area contributed by atoms with Gasteiger partial charge in [-0.05, 0) is 61.8 Å². The molecule has 1 heterocycles. The van der Waals surface area contributed by atoms with Gasteiger partial charge in [-0.25, -0.2) is 9.59 Å². The van der Waals surface area contributed by atoms with E-state index in [0.29, 0.717) is 0 Å². The van der Waals surface area contributed by atoms with Gasteiger partial charge in [-0.15, -0.1) is 0 Å². The van der Waals surface area contributed by atoms with Crippen molar-refractivity contribution in [3.8, 4) is 0 Å². The summed E-state index contributed by atoms with van der Waals surface area (Å²) in [4.78, 5) is 37.1. The van der Waals surface area contributed by atoms with Crippen LogP contribution in [0.2, 0.25) is 0 Å². The molecule has 2 atom stereocenters. The normalized spacial score (nSPS) is 20.4. The average Bonchev–Trinajstić information content (AvgIpc) is 2.67. The molecule has 162 valence electrons. The van der Waals surface area contributed by atoms with Gasteiger partial charge in [-0.1, -0.05) is 0 Å². The van der Waals surface area contributed by atoms with Gasteiger partial charge in [0.1, 0.15) is 16.9 Å². The maximum Gasteiger partial charge on any atom is 0.412 e. The van der Waals surface area contributed by atoms with Gasteiger partial charge in [0.25, 0.3) is 0 Å². The Morgan fingerprint density at radius 2 is 1.68 bits per heavy atom. The number of amides is 2.